The highest BCUT2D eigenvalue weighted by molar-refractivity contribution is 6.37. The second-order valence-electron chi connectivity index (χ2n) is 3.99. The molecule has 1 aliphatic heterocycles. The van der Waals surface area contributed by atoms with Gasteiger partial charge in [0.1, 0.15) is 0 Å². The number of nitrogens with zero attached hydrogens (tertiary/aromatic N) is 1. The number of Topliss-reactive ketones (excluding diaryl/α,β-unsaturated/α-hetero) is 1. The van der Waals surface area contributed by atoms with E-state index >= 15 is 0 Å². The maximum absolute atomic E-state index is 11.5. The maximum Gasteiger partial charge on any atom is 0.201 e. The standard InChI is InChI=1S/C13H11NO/c15-13-8-14-12-7-10-4-2-1-3-9(10)5-6-11(12)13/h1-4,8H,5-7H2. The highest BCUT2D eigenvalue weighted by Gasteiger charge is 2.22. The molecule has 0 spiro atoms. The molecule has 0 amide bonds. The molecule has 2 aliphatic rings. The molecular weight excluding hydrogens is 186 g/mol. The van der Waals surface area contributed by atoms with Gasteiger partial charge in [0.2, 0.25) is 5.78 Å². The van der Waals surface area contributed by atoms with E-state index < -0.39 is 0 Å². The van der Waals surface area contributed by atoms with E-state index in [1.807, 2.05) is 6.07 Å². The number of fused-ring (bicyclic) bond motifs is 1. The summed E-state index contributed by atoms with van der Waals surface area (Å²) in [5.41, 5.74) is 4.57. The van der Waals surface area contributed by atoms with Crippen molar-refractivity contribution in [2.24, 2.45) is 4.99 Å². The lowest BCUT2D eigenvalue weighted by molar-refractivity contribution is -0.109. The van der Waals surface area contributed by atoms with Crippen LogP contribution in [0.15, 0.2) is 40.5 Å². The highest BCUT2D eigenvalue weighted by atomic mass is 16.1. The molecule has 15 heavy (non-hydrogen) atoms. The quantitative estimate of drug-likeness (QED) is 0.626. The van der Waals surface area contributed by atoms with Crippen molar-refractivity contribution in [2.75, 3.05) is 0 Å². The average Bonchev–Trinajstić information content (AvgIpc) is 2.51. The zero-order chi connectivity index (χ0) is 10.3. The lowest BCUT2D eigenvalue weighted by atomic mass is 10.0. The molecule has 0 N–H and O–H groups in total. The lowest BCUT2D eigenvalue weighted by Crippen LogP contribution is -2.00. The number of carbonyl (C=O) groups is 1. The molecule has 0 bridgehead atoms. The van der Waals surface area contributed by atoms with Crippen molar-refractivity contribution in [1.29, 1.82) is 0 Å². The number of aryl methyl sites for hydroxylation is 1. The summed E-state index contributed by atoms with van der Waals surface area (Å²) < 4.78 is 0. The van der Waals surface area contributed by atoms with Crippen LogP contribution in [-0.4, -0.2) is 12.0 Å². The number of hydrogen-bond acceptors (Lipinski definition) is 2. The van der Waals surface area contributed by atoms with Gasteiger partial charge >= 0.3 is 0 Å². The van der Waals surface area contributed by atoms with Crippen LogP contribution >= 0.6 is 0 Å². The molecule has 1 aromatic rings. The number of carbonyl (C=O) groups excluding carboxylic acids is 1. The minimum absolute atomic E-state index is 0.109. The van der Waals surface area contributed by atoms with Crippen LogP contribution in [0, 0.1) is 0 Å². The van der Waals surface area contributed by atoms with E-state index in [0.29, 0.717) is 0 Å². The molecule has 0 radical (unpaired) electrons. The monoisotopic (exact) mass is 197 g/mol. The fourth-order valence-corrected chi connectivity index (χ4v) is 2.27. The van der Waals surface area contributed by atoms with Crippen molar-refractivity contribution in [2.45, 2.75) is 19.3 Å². The fraction of sp³-hybridized carbons (Fsp3) is 0.231. The van der Waals surface area contributed by atoms with Gasteiger partial charge in [0, 0.05) is 12.0 Å². The minimum Gasteiger partial charge on any atom is -0.288 e. The first-order valence-electron chi connectivity index (χ1n) is 5.22. The smallest absolute Gasteiger partial charge is 0.201 e. The summed E-state index contributed by atoms with van der Waals surface area (Å²) in [6.07, 6.45) is 4.07. The van der Waals surface area contributed by atoms with Gasteiger partial charge in [-0.3, -0.25) is 9.79 Å². The summed E-state index contributed by atoms with van der Waals surface area (Å²) >= 11 is 0. The Bertz CT molecular complexity index is 497. The lowest BCUT2D eigenvalue weighted by Gasteiger charge is -2.04. The zero-order valence-electron chi connectivity index (χ0n) is 8.36. The second kappa shape index (κ2) is 3.16. The van der Waals surface area contributed by atoms with Crippen LogP contribution < -0.4 is 0 Å². The molecule has 2 heteroatoms. The molecule has 0 atom stereocenters. The second-order valence-corrected chi connectivity index (χ2v) is 3.99. The Morgan fingerprint density at radius 1 is 1.07 bits per heavy atom. The Hall–Kier alpha value is -1.70. The van der Waals surface area contributed by atoms with Gasteiger partial charge in [-0.15, -0.1) is 0 Å². The van der Waals surface area contributed by atoms with Crippen molar-refractivity contribution in [3.05, 3.63) is 46.7 Å². The predicted octanol–water partition coefficient (Wildman–Crippen LogP) is 2.08. The number of ketones is 1. The SMILES string of the molecule is O=C1C=NC2=C1CCc1ccccc1C2. The largest absolute Gasteiger partial charge is 0.288 e. The summed E-state index contributed by atoms with van der Waals surface area (Å²) in [6, 6.07) is 8.38. The molecule has 0 aromatic heterocycles. The van der Waals surface area contributed by atoms with Gasteiger partial charge in [-0.2, -0.15) is 0 Å². The average molecular weight is 197 g/mol. The molecule has 0 fully saturated rings. The molecule has 2 nitrogen and oxygen atoms in total. The fourth-order valence-electron chi connectivity index (χ4n) is 2.27. The van der Waals surface area contributed by atoms with Crippen LogP contribution in [-0.2, 0) is 17.6 Å². The van der Waals surface area contributed by atoms with Gasteiger partial charge in [-0.1, -0.05) is 24.3 Å². The molecule has 1 heterocycles. The number of rotatable bonds is 0. The third kappa shape index (κ3) is 1.33. The molecule has 0 saturated carbocycles. The Labute approximate surface area is 88.3 Å². The van der Waals surface area contributed by atoms with Crippen molar-refractivity contribution in [1.82, 2.24) is 0 Å². The third-order valence-corrected chi connectivity index (χ3v) is 3.10. The molecule has 74 valence electrons. The van der Waals surface area contributed by atoms with Crippen LogP contribution in [0.25, 0.3) is 0 Å². The van der Waals surface area contributed by atoms with Crippen LogP contribution in [0.2, 0.25) is 0 Å². The molecule has 0 unspecified atom stereocenters. The zero-order valence-corrected chi connectivity index (χ0v) is 8.36. The molecule has 3 rings (SSSR count). The van der Waals surface area contributed by atoms with Gasteiger partial charge in [0.05, 0.1) is 11.9 Å². The highest BCUT2D eigenvalue weighted by Crippen LogP contribution is 2.28. The van der Waals surface area contributed by atoms with Gasteiger partial charge in [0.15, 0.2) is 0 Å². The van der Waals surface area contributed by atoms with E-state index in [1.165, 1.54) is 17.3 Å². The van der Waals surface area contributed by atoms with E-state index in [-0.39, 0.29) is 5.78 Å². The Morgan fingerprint density at radius 3 is 2.73 bits per heavy atom. The van der Waals surface area contributed by atoms with Crippen molar-refractivity contribution < 1.29 is 4.79 Å². The van der Waals surface area contributed by atoms with E-state index in [9.17, 15) is 4.79 Å². The van der Waals surface area contributed by atoms with Crippen LogP contribution in [0.1, 0.15) is 17.5 Å². The van der Waals surface area contributed by atoms with Gasteiger partial charge < -0.3 is 0 Å². The van der Waals surface area contributed by atoms with Gasteiger partial charge in [0.25, 0.3) is 0 Å². The maximum atomic E-state index is 11.5. The summed E-state index contributed by atoms with van der Waals surface area (Å²) in [4.78, 5) is 15.7. The van der Waals surface area contributed by atoms with Crippen molar-refractivity contribution in [3.63, 3.8) is 0 Å². The Morgan fingerprint density at radius 2 is 1.87 bits per heavy atom. The van der Waals surface area contributed by atoms with Crippen molar-refractivity contribution >= 4 is 12.0 Å². The first-order chi connectivity index (χ1) is 7.34. The number of hydrogen-bond donors (Lipinski definition) is 0. The third-order valence-electron chi connectivity index (χ3n) is 3.10. The van der Waals surface area contributed by atoms with E-state index in [1.54, 1.807) is 0 Å². The van der Waals surface area contributed by atoms with Gasteiger partial charge in [-0.05, 0) is 24.0 Å². The Kier molecular flexibility index (Phi) is 1.81. The molecule has 1 aliphatic carbocycles. The number of aliphatic imine (C=N–C) groups is 1. The Balaban J connectivity index is 2.06. The normalized spacial score (nSPS) is 18.8. The van der Waals surface area contributed by atoms with E-state index in [0.717, 1.165) is 30.5 Å². The summed E-state index contributed by atoms with van der Waals surface area (Å²) in [5.74, 6) is 0.109. The van der Waals surface area contributed by atoms with Gasteiger partial charge in [-0.25, -0.2) is 0 Å². The molecule has 0 saturated heterocycles. The first-order valence-corrected chi connectivity index (χ1v) is 5.22. The topological polar surface area (TPSA) is 29.4 Å². The van der Waals surface area contributed by atoms with Crippen molar-refractivity contribution in [3.8, 4) is 0 Å². The predicted molar refractivity (Wildman–Crippen MR) is 59.0 cm³/mol. The summed E-state index contributed by atoms with van der Waals surface area (Å²) in [5, 5.41) is 0. The number of benzene rings is 1. The summed E-state index contributed by atoms with van der Waals surface area (Å²) in [6.45, 7) is 0. The molecular formula is C13H11NO. The van der Waals surface area contributed by atoms with Crippen LogP contribution in [0.5, 0.6) is 0 Å². The first kappa shape index (κ1) is 8.60. The molecule has 1 aromatic carbocycles. The van der Waals surface area contributed by atoms with Crippen LogP contribution in [0.4, 0.5) is 0 Å². The minimum atomic E-state index is 0.109. The van der Waals surface area contributed by atoms with E-state index in [4.69, 9.17) is 0 Å². The van der Waals surface area contributed by atoms with E-state index in [2.05, 4.69) is 23.2 Å². The van der Waals surface area contributed by atoms with Crippen LogP contribution in [0.3, 0.4) is 0 Å². The number of allylic oxidation sites excluding steroid dienone is 2. The summed E-state index contributed by atoms with van der Waals surface area (Å²) in [7, 11) is 0.